The third-order valence-corrected chi connectivity index (χ3v) is 4.63. The molecular formula is C18H33IN4O3. The van der Waals surface area contributed by atoms with Crippen LogP contribution in [-0.2, 0) is 14.3 Å². The highest BCUT2D eigenvalue weighted by atomic mass is 127. The van der Waals surface area contributed by atoms with Crippen molar-refractivity contribution in [3.63, 3.8) is 0 Å². The normalized spacial score (nSPS) is 17.7. The number of guanidine groups is 1. The Hall–Kier alpha value is -1.06. The minimum absolute atomic E-state index is 0. The maximum atomic E-state index is 12.0. The van der Waals surface area contributed by atoms with Crippen molar-refractivity contribution >= 4 is 41.8 Å². The highest BCUT2D eigenvalue weighted by molar-refractivity contribution is 14.0. The molecule has 0 atom stereocenters. The fourth-order valence-corrected chi connectivity index (χ4v) is 3.25. The zero-order valence-electron chi connectivity index (χ0n) is 15.8. The fourth-order valence-electron chi connectivity index (χ4n) is 3.25. The molecule has 8 heteroatoms. The Balaban J connectivity index is 0.00000338. The van der Waals surface area contributed by atoms with Crippen LogP contribution in [0, 0.1) is 0 Å². The van der Waals surface area contributed by atoms with Gasteiger partial charge in [-0.3, -0.25) is 9.59 Å². The quantitative estimate of drug-likeness (QED) is 0.183. The summed E-state index contributed by atoms with van der Waals surface area (Å²) in [6.07, 6.45) is 7.76. The summed E-state index contributed by atoms with van der Waals surface area (Å²) in [5, 5.41) is 6.30. The maximum absolute atomic E-state index is 12.0. The fraction of sp³-hybridized carbons (Fsp3) is 0.833. The van der Waals surface area contributed by atoms with Gasteiger partial charge in [-0.05, 0) is 51.9 Å². The minimum Gasteiger partial charge on any atom is -0.462 e. The number of hydrogen-bond donors (Lipinski definition) is 2. The number of ether oxygens (including phenoxy) is 1. The molecule has 0 aromatic heterocycles. The summed E-state index contributed by atoms with van der Waals surface area (Å²) in [6, 6.07) is 0. The first-order valence-corrected chi connectivity index (χ1v) is 9.68. The van der Waals surface area contributed by atoms with Crippen LogP contribution >= 0.6 is 24.0 Å². The van der Waals surface area contributed by atoms with Gasteiger partial charge in [0.2, 0.25) is 5.91 Å². The predicted molar refractivity (Wildman–Crippen MR) is 113 cm³/mol. The van der Waals surface area contributed by atoms with E-state index in [2.05, 4.69) is 15.6 Å². The van der Waals surface area contributed by atoms with Gasteiger partial charge in [-0.15, -0.1) is 24.0 Å². The lowest BCUT2D eigenvalue weighted by Gasteiger charge is -2.15. The molecule has 0 unspecified atom stereocenters. The Labute approximate surface area is 173 Å². The Kier molecular flexibility index (Phi) is 11.6. The summed E-state index contributed by atoms with van der Waals surface area (Å²) in [4.78, 5) is 30.0. The van der Waals surface area contributed by atoms with E-state index in [-0.39, 0.29) is 48.5 Å². The number of esters is 1. The van der Waals surface area contributed by atoms with E-state index in [1.54, 1.807) is 0 Å². The van der Waals surface area contributed by atoms with Gasteiger partial charge in [-0.2, -0.15) is 0 Å². The van der Waals surface area contributed by atoms with Crippen LogP contribution in [0.4, 0.5) is 0 Å². The molecule has 2 N–H and O–H groups in total. The predicted octanol–water partition coefficient (Wildman–Crippen LogP) is 2.05. The van der Waals surface area contributed by atoms with E-state index in [1.807, 2.05) is 11.8 Å². The van der Waals surface area contributed by atoms with Gasteiger partial charge in [0, 0.05) is 32.6 Å². The Morgan fingerprint density at radius 2 is 1.81 bits per heavy atom. The largest absolute Gasteiger partial charge is 0.462 e. The SMILES string of the molecule is CCNC(=NCC(=O)N1CCCC1)NCCCC(=O)OC1CCCC1.I. The molecule has 1 heterocycles. The number of aliphatic imine (C=N–C) groups is 1. The Bertz CT molecular complexity index is 461. The highest BCUT2D eigenvalue weighted by Gasteiger charge is 2.19. The van der Waals surface area contributed by atoms with Gasteiger partial charge >= 0.3 is 5.97 Å². The van der Waals surface area contributed by atoms with Gasteiger partial charge in [-0.1, -0.05) is 0 Å². The summed E-state index contributed by atoms with van der Waals surface area (Å²) in [6.45, 7) is 5.21. The summed E-state index contributed by atoms with van der Waals surface area (Å²) < 4.78 is 5.44. The number of carbonyl (C=O) groups is 2. The van der Waals surface area contributed by atoms with Crippen LogP contribution in [0.3, 0.4) is 0 Å². The lowest BCUT2D eigenvalue weighted by atomic mass is 10.3. The molecule has 0 radical (unpaired) electrons. The standard InChI is InChI=1S/C18H32N4O3.HI/c1-2-19-18(21-14-16(23)22-12-5-6-13-22)20-11-7-10-17(24)25-15-8-3-4-9-15;/h15H,2-14H2,1H3,(H2,19,20,21);1H. The second kappa shape index (κ2) is 13.2. The zero-order chi connectivity index (χ0) is 17.9. The first kappa shape index (κ1) is 23.0. The second-order valence-electron chi connectivity index (χ2n) is 6.71. The summed E-state index contributed by atoms with van der Waals surface area (Å²) in [5.41, 5.74) is 0. The third kappa shape index (κ3) is 8.55. The first-order chi connectivity index (χ1) is 12.2. The molecule has 1 aliphatic heterocycles. The van der Waals surface area contributed by atoms with Crippen molar-refractivity contribution < 1.29 is 14.3 Å². The zero-order valence-corrected chi connectivity index (χ0v) is 18.1. The molecule has 2 aliphatic rings. The van der Waals surface area contributed by atoms with Crippen LogP contribution in [0.5, 0.6) is 0 Å². The van der Waals surface area contributed by atoms with Crippen LogP contribution in [0.2, 0.25) is 0 Å². The monoisotopic (exact) mass is 480 g/mol. The number of carbonyl (C=O) groups excluding carboxylic acids is 2. The van der Waals surface area contributed by atoms with Gasteiger partial charge in [0.1, 0.15) is 12.6 Å². The molecule has 26 heavy (non-hydrogen) atoms. The molecule has 1 aliphatic carbocycles. The maximum Gasteiger partial charge on any atom is 0.306 e. The van der Waals surface area contributed by atoms with E-state index in [9.17, 15) is 9.59 Å². The van der Waals surface area contributed by atoms with Crippen LogP contribution in [-0.4, -0.2) is 61.6 Å². The topological polar surface area (TPSA) is 83.0 Å². The number of nitrogens with zero attached hydrogens (tertiary/aromatic N) is 2. The molecular weight excluding hydrogens is 447 g/mol. The van der Waals surface area contributed by atoms with Crippen molar-refractivity contribution in [1.29, 1.82) is 0 Å². The van der Waals surface area contributed by atoms with Gasteiger partial charge in [0.25, 0.3) is 0 Å². The Morgan fingerprint density at radius 3 is 2.46 bits per heavy atom. The van der Waals surface area contributed by atoms with E-state index in [0.717, 1.165) is 58.2 Å². The van der Waals surface area contributed by atoms with Gasteiger partial charge < -0.3 is 20.3 Å². The van der Waals surface area contributed by atoms with E-state index in [0.29, 0.717) is 25.3 Å². The van der Waals surface area contributed by atoms with Crippen molar-refractivity contribution in [1.82, 2.24) is 15.5 Å². The Morgan fingerprint density at radius 1 is 1.12 bits per heavy atom. The number of likely N-dealkylation sites (tertiary alicyclic amines) is 1. The van der Waals surface area contributed by atoms with Crippen LogP contribution < -0.4 is 10.6 Å². The average Bonchev–Trinajstić information content (AvgIpc) is 3.29. The summed E-state index contributed by atoms with van der Waals surface area (Å²) in [5.74, 6) is 0.592. The number of nitrogens with one attached hydrogen (secondary N) is 2. The molecule has 150 valence electrons. The molecule has 0 aromatic rings. The van der Waals surface area contributed by atoms with Crippen LogP contribution in [0.25, 0.3) is 0 Å². The molecule has 0 spiro atoms. The second-order valence-corrected chi connectivity index (χ2v) is 6.71. The number of amides is 1. The van der Waals surface area contributed by atoms with E-state index in [4.69, 9.17) is 4.74 Å². The van der Waals surface area contributed by atoms with Crippen molar-refractivity contribution in [2.45, 2.75) is 64.4 Å². The molecule has 2 rings (SSSR count). The lowest BCUT2D eigenvalue weighted by molar-refractivity contribution is -0.148. The number of rotatable bonds is 8. The van der Waals surface area contributed by atoms with Crippen LogP contribution in [0.1, 0.15) is 58.3 Å². The molecule has 7 nitrogen and oxygen atoms in total. The van der Waals surface area contributed by atoms with Gasteiger partial charge in [0.05, 0.1) is 0 Å². The van der Waals surface area contributed by atoms with Crippen molar-refractivity contribution in [2.75, 3.05) is 32.7 Å². The minimum atomic E-state index is -0.111. The van der Waals surface area contributed by atoms with E-state index < -0.39 is 0 Å². The van der Waals surface area contributed by atoms with Crippen molar-refractivity contribution in [3.8, 4) is 0 Å². The van der Waals surface area contributed by atoms with Crippen molar-refractivity contribution in [3.05, 3.63) is 0 Å². The van der Waals surface area contributed by atoms with Crippen LogP contribution in [0.15, 0.2) is 4.99 Å². The number of hydrogen-bond acceptors (Lipinski definition) is 4. The highest BCUT2D eigenvalue weighted by Crippen LogP contribution is 2.21. The average molecular weight is 480 g/mol. The molecule has 1 saturated heterocycles. The molecule has 0 aromatic carbocycles. The van der Waals surface area contributed by atoms with E-state index in [1.165, 1.54) is 0 Å². The van der Waals surface area contributed by atoms with Crippen molar-refractivity contribution in [2.24, 2.45) is 4.99 Å². The van der Waals surface area contributed by atoms with E-state index >= 15 is 0 Å². The molecule has 1 amide bonds. The summed E-state index contributed by atoms with van der Waals surface area (Å²) in [7, 11) is 0. The lowest BCUT2D eigenvalue weighted by Crippen LogP contribution is -2.39. The third-order valence-electron chi connectivity index (χ3n) is 4.63. The summed E-state index contributed by atoms with van der Waals surface area (Å²) >= 11 is 0. The molecule has 0 bridgehead atoms. The molecule has 1 saturated carbocycles. The smallest absolute Gasteiger partial charge is 0.306 e. The number of halogens is 1. The molecule has 2 fully saturated rings. The first-order valence-electron chi connectivity index (χ1n) is 9.68. The van der Waals surface area contributed by atoms with Gasteiger partial charge in [0.15, 0.2) is 5.96 Å². The van der Waals surface area contributed by atoms with Gasteiger partial charge in [-0.25, -0.2) is 4.99 Å².